The van der Waals surface area contributed by atoms with Gasteiger partial charge in [0.2, 0.25) is 0 Å². The second-order valence-corrected chi connectivity index (χ2v) is 18.6. The average Bonchev–Trinajstić information content (AvgIpc) is 2.56. The Labute approximate surface area is 208 Å². The molecule has 0 bridgehead atoms. The summed E-state index contributed by atoms with van der Waals surface area (Å²) in [5.74, 6) is 0. The predicted molar refractivity (Wildman–Crippen MR) is 155 cm³/mol. The van der Waals surface area contributed by atoms with E-state index >= 15 is 0 Å². The first kappa shape index (κ1) is 40.9. The number of rotatable bonds is 0. The van der Waals surface area contributed by atoms with Crippen LogP contribution in [0.15, 0.2) is 60.7 Å². The molecule has 30 heavy (non-hydrogen) atoms. The Morgan fingerprint density at radius 1 is 0.500 bits per heavy atom. The quantitative estimate of drug-likeness (QED) is 0.146. The topological polar surface area (TPSA) is 26.0 Å². The van der Waals surface area contributed by atoms with Crippen molar-refractivity contribution in [1.82, 2.24) is 0 Å². The summed E-state index contributed by atoms with van der Waals surface area (Å²) in [5, 5.41) is 0. The molecule has 177 valence electrons. The molecule has 0 aliphatic heterocycles. The Balaban J connectivity index is -0.0000000847. The van der Waals surface area contributed by atoms with Crippen LogP contribution >= 0.6 is 31.7 Å². The summed E-state index contributed by atoms with van der Waals surface area (Å²) in [6.07, 6.45) is 0. The summed E-state index contributed by atoms with van der Waals surface area (Å²) in [5.41, 5.74) is 6.18. The van der Waals surface area contributed by atoms with Gasteiger partial charge in [-0.3, -0.25) is 0 Å². The minimum atomic E-state index is 0. The first-order valence-electron chi connectivity index (χ1n) is 9.48. The first-order chi connectivity index (χ1) is 13.3. The molecule has 0 heterocycles. The maximum Gasteiger partial charge on any atom is 1.00 e. The van der Waals surface area contributed by atoms with Crippen molar-refractivity contribution in [3.05, 3.63) is 66.7 Å². The van der Waals surface area contributed by atoms with Crippen LogP contribution in [0.5, 0.6) is 0 Å². The van der Waals surface area contributed by atoms with Crippen LogP contribution in [0.2, 0.25) is 0 Å². The van der Waals surface area contributed by atoms with Gasteiger partial charge >= 0.3 is 19.5 Å². The third kappa shape index (κ3) is 102. The summed E-state index contributed by atoms with van der Waals surface area (Å²) >= 11 is 0. The number of hydrogen-bond acceptors (Lipinski definition) is 1. The number of nitrogen functional groups attached to an aromatic ring is 1. The molecule has 2 aromatic carbocycles. The minimum absolute atomic E-state index is 0. The molecule has 6 heteroatoms. The van der Waals surface area contributed by atoms with Crippen molar-refractivity contribution in [3.8, 4) is 0 Å². The van der Waals surface area contributed by atoms with Gasteiger partial charge in [-0.25, -0.2) is 0 Å². The maximum absolute atomic E-state index is 5.36. The largest absolute Gasteiger partial charge is 1.00 e. The van der Waals surface area contributed by atoms with Crippen LogP contribution in [0, 0.1) is 6.07 Å². The number of anilines is 1. The summed E-state index contributed by atoms with van der Waals surface area (Å²) in [6.45, 7) is 26.8. The number of hydrogen-bond donors (Lipinski definition) is 1. The van der Waals surface area contributed by atoms with E-state index in [0.717, 1.165) is 5.69 Å². The van der Waals surface area contributed by atoms with Gasteiger partial charge in [0.05, 0.1) is 0 Å². The van der Waals surface area contributed by atoms with Crippen LogP contribution in [-0.4, -0.2) is 80.0 Å². The molecule has 0 saturated carbocycles. The van der Waals surface area contributed by atoms with Crippen molar-refractivity contribution in [1.29, 1.82) is 0 Å². The fourth-order valence-corrected chi connectivity index (χ4v) is 0.795. The van der Waals surface area contributed by atoms with Crippen molar-refractivity contribution < 1.29 is 19.5 Å². The molecule has 1 radical (unpaired) electrons. The van der Waals surface area contributed by atoms with Crippen molar-refractivity contribution in [2.75, 3.05) is 85.7 Å². The standard InChI is InChI=1S/C6H7N.C6H5.4C3H9P.Ru/c7-6-4-2-1-3-5-6;1-2-4-6-5-3-1;4*1-4(2)3;/h1-5H,7H2;1-5H;4*1-3H3;/q;-1;;;;;+1. The SMILES string of the molecule is CP(C)C.CP(C)C.CP(C)C.CP(C)C.Nc1ccccc1.[Ru+].[c-]1ccccc1. The van der Waals surface area contributed by atoms with Gasteiger partial charge in [0.1, 0.15) is 0 Å². The summed E-state index contributed by atoms with van der Waals surface area (Å²) < 4.78 is 0. The fourth-order valence-electron chi connectivity index (χ4n) is 0.795. The van der Waals surface area contributed by atoms with Gasteiger partial charge in [-0.15, -0.1) is 31.7 Å². The van der Waals surface area contributed by atoms with Crippen LogP contribution in [0.25, 0.3) is 0 Å². The Bertz CT molecular complexity index is 419. The van der Waals surface area contributed by atoms with E-state index in [1.165, 1.54) is 0 Å². The molecule has 0 spiro atoms. The van der Waals surface area contributed by atoms with Crippen molar-refractivity contribution >= 4 is 37.4 Å². The molecule has 0 unspecified atom stereocenters. The molecular formula is C24H48NP4Ru. The van der Waals surface area contributed by atoms with Gasteiger partial charge in [0.15, 0.2) is 0 Å². The second kappa shape index (κ2) is 34.2. The molecule has 1 nitrogen and oxygen atoms in total. The number of benzene rings is 2. The molecule has 0 atom stereocenters. The zero-order valence-electron chi connectivity index (χ0n) is 21.5. The van der Waals surface area contributed by atoms with Gasteiger partial charge in [0, 0.05) is 5.69 Å². The van der Waals surface area contributed by atoms with E-state index in [0.29, 0.717) is 31.7 Å². The second-order valence-electron chi connectivity index (χ2n) is 7.85. The summed E-state index contributed by atoms with van der Waals surface area (Å²) in [4.78, 5) is 0. The molecule has 0 saturated heterocycles. The Morgan fingerprint density at radius 3 is 0.833 bits per heavy atom. The van der Waals surface area contributed by atoms with E-state index < -0.39 is 0 Å². The molecule has 0 amide bonds. The zero-order chi connectivity index (χ0) is 23.7. The van der Waals surface area contributed by atoms with E-state index in [2.05, 4.69) is 86.0 Å². The van der Waals surface area contributed by atoms with Gasteiger partial charge in [-0.05, 0) is 92.1 Å². The normalized spacial score (nSPS) is 8.40. The minimum Gasteiger partial charge on any atom is -0.399 e. The summed E-state index contributed by atoms with van der Waals surface area (Å²) in [7, 11) is 1.52. The van der Waals surface area contributed by atoms with Crippen LogP contribution in [0.1, 0.15) is 0 Å². The molecular weight excluding hydrogens is 527 g/mol. The smallest absolute Gasteiger partial charge is 0.399 e. The summed E-state index contributed by atoms with van der Waals surface area (Å²) in [6, 6.07) is 22.0. The maximum atomic E-state index is 5.36. The Hall–Kier alpha value is 0.583. The van der Waals surface area contributed by atoms with E-state index in [1.807, 2.05) is 60.7 Å². The Kier molecular flexibility index (Phi) is 46.6. The Morgan fingerprint density at radius 2 is 0.733 bits per heavy atom. The average molecular weight is 576 g/mol. The zero-order valence-corrected chi connectivity index (χ0v) is 26.8. The van der Waals surface area contributed by atoms with Gasteiger partial charge in [0.25, 0.3) is 0 Å². The molecule has 2 N–H and O–H groups in total. The molecule has 2 rings (SSSR count). The molecule has 0 aliphatic carbocycles. The van der Waals surface area contributed by atoms with Gasteiger partial charge < -0.3 is 5.73 Å². The molecule has 2 aromatic rings. The van der Waals surface area contributed by atoms with Crippen LogP contribution in [0.4, 0.5) is 5.69 Å². The fraction of sp³-hybridized carbons (Fsp3) is 0.500. The number of para-hydroxylation sites is 1. The van der Waals surface area contributed by atoms with Crippen molar-refractivity contribution in [2.24, 2.45) is 0 Å². The first-order valence-corrected chi connectivity index (χ1v) is 20.2. The van der Waals surface area contributed by atoms with Crippen LogP contribution in [0.3, 0.4) is 0 Å². The van der Waals surface area contributed by atoms with Crippen LogP contribution < -0.4 is 5.73 Å². The van der Waals surface area contributed by atoms with Gasteiger partial charge in [-0.2, -0.15) is 36.4 Å². The molecule has 0 fully saturated rings. The molecule has 0 aliphatic rings. The van der Waals surface area contributed by atoms with Crippen molar-refractivity contribution in [3.63, 3.8) is 0 Å². The van der Waals surface area contributed by atoms with E-state index in [1.54, 1.807) is 0 Å². The monoisotopic (exact) mass is 576 g/mol. The van der Waals surface area contributed by atoms with Crippen LogP contribution in [-0.2, 0) is 19.5 Å². The van der Waals surface area contributed by atoms with Crippen molar-refractivity contribution in [2.45, 2.75) is 0 Å². The van der Waals surface area contributed by atoms with E-state index in [9.17, 15) is 0 Å². The van der Waals surface area contributed by atoms with E-state index in [4.69, 9.17) is 5.73 Å². The third-order valence-electron chi connectivity index (χ3n) is 1.41. The van der Waals surface area contributed by atoms with Gasteiger partial charge in [-0.1, -0.05) is 18.2 Å². The van der Waals surface area contributed by atoms with E-state index in [-0.39, 0.29) is 19.5 Å². The predicted octanol–water partition coefficient (Wildman–Crippen LogP) is 8.18. The molecule has 0 aromatic heterocycles. The number of nitrogens with two attached hydrogens (primary N) is 1. The third-order valence-corrected chi connectivity index (χ3v) is 1.41.